The minimum Gasteiger partial charge on any atom is -0.493 e. The van der Waals surface area contributed by atoms with Crippen molar-refractivity contribution in [1.82, 2.24) is 9.97 Å². The minimum atomic E-state index is -0.0789. The van der Waals surface area contributed by atoms with Crippen molar-refractivity contribution in [3.8, 4) is 17.0 Å². The summed E-state index contributed by atoms with van der Waals surface area (Å²) >= 11 is 0. The van der Waals surface area contributed by atoms with E-state index in [1.165, 1.54) is 0 Å². The number of hydrogen-bond donors (Lipinski definition) is 1. The number of nitrogens with one attached hydrogen (secondary N) is 1. The van der Waals surface area contributed by atoms with Gasteiger partial charge in [-0.25, -0.2) is 4.98 Å². The van der Waals surface area contributed by atoms with Crippen molar-refractivity contribution < 1.29 is 4.74 Å². The van der Waals surface area contributed by atoms with E-state index < -0.39 is 0 Å². The van der Waals surface area contributed by atoms with Crippen LogP contribution in [0.5, 0.6) is 5.75 Å². The van der Waals surface area contributed by atoms with Crippen LogP contribution in [0, 0.1) is 6.92 Å². The molecule has 1 N–H and O–H groups in total. The number of ether oxygens (including phenoxy) is 1. The highest BCUT2D eigenvalue weighted by Gasteiger charge is 2.13. The van der Waals surface area contributed by atoms with Gasteiger partial charge < -0.3 is 9.72 Å². The van der Waals surface area contributed by atoms with Crippen LogP contribution in [-0.4, -0.2) is 16.6 Å². The van der Waals surface area contributed by atoms with Gasteiger partial charge in [-0.3, -0.25) is 4.79 Å². The lowest BCUT2D eigenvalue weighted by atomic mass is 10.1. The standard InChI is InChI=1S/C16H20N2O2/c1-4-8-14-17-15(11(3)16(19)18-14)12-9-6-7-10-13(12)20-5-2/h6-7,9-10H,4-5,8H2,1-3H3,(H,17,18,19). The van der Waals surface area contributed by atoms with Crippen molar-refractivity contribution in [2.45, 2.75) is 33.6 Å². The molecule has 0 radical (unpaired) electrons. The Morgan fingerprint density at radius 2 is 2.00 bits per heavy atom. The first-order valence-corrected chi connectivity index (χ1v) is 6.99. The van der Waals surface area contributed by atoms with Gasteiger partial charge in [0.25, 0.3) is 5.56 Å². The number of nitrogens with zero attached hydrogens (tertiary/aromatic N) is 1. The summed E-state index contributed by atoms with van der Waals surface area (Å²) in [6, 6.07) is 7.69. The van der Waals surface area contributed by atoms with E-state index >= 15 is 0 Å². The van der Waals surface area contributed by atoms with E-state index in [9.17, 15) is 4.79 Å². The lowest BCUT2D eigenvalue weighted by molar-refractivity contribution is 0.341. The second-order valence-corrected chi connectivity index (χ2v) is 4.67. The highest BCUT2D eigenvalue weighted by Crippen LogP contribution is 2.29. The lowest BCUT2D eigenvalue weighted by Gasteiger charge is -2.12. The van der Waals surface area contributed by atoms with E-state index in [0.717, 1.165) is 30.0 Å². The SMILES string of the molecule is CCCc1nc(-c2ccccc2OCC)c(C)c(=O)[nH]1. The largest absolute Gasteiger partial charge is 0.493 e. The highest BCUT2D eigenvalue weighted by molar-refractivity contribution is 5.69. The number of aryl methyl sites for hydroxylation is 1. The number of H-pyrrole nitrogens is 1. The lowest BCUT2D eigenvalue weighted by Crippen LogP contribution is -2.16. The third-order valence-corrected chi connectivity index (χ3v) is 3.13. The predicted octanol–water partition coefficient (Wildman–Crippen LogP) is 3.10. The maximum atomic E-state index is 12.0. The van der Waals surface area contributed by atoms with Crippen molar-refractivity contribution in [2.24, 2.45) is 0 Å². The molecule has 106 valence electrons. The Hall–Kier alpha value is -2.10. The minimum absolute atomic E-state index is 0.0789. The molecule has 1 aromatic heterocycles. The smallest absolute Gasteiger partial charge is 0.254 e. The first-order chi connectivity index (χ1) is 9.67. The van der Waals surface area contributed by atoms with Crippen molar-refractivity contribution in [2.75, 3.05) is 6.61 Å². The number of aromatic amines is 1. The first-order valence-electron chi connectivity index (χ1n) is 6.99. The topological polar surface area (TPSA) is 55.0 Å². The number of hydrogen-bond acceptors (Lipinski definition) is 3. The summed E-state index contributed by atoms with van der Waals surface area (Å²) < 4.78 is 5.63. The summed E-state index contributed by atoms with van der Waals surface area (Å²) in [4.78, 5) is 19.5. The average Bonchev–Trinajstić information content (AvgIpc) is 2.44. The van der Waals surface area contributed by atoms with E-state index in [0.29, 0.717) is 17.9 Å². The molecule has 0 bridgehead atoms. The molecule has 0 aliphatic carbocycles. The van der Waals surface area contributed by atoms with E-state index in [1.54, 1.807) is 6.92 Å². The van der Waals surface area contributed by atoms with Crippen LogP contribution in [0.3, 0.4) is 0 Å². The fourth-order valence-electron chi connectivity index (χ4n) is 2.14. The molecule has 0 atom stereocenters. The van der Waals surface area contributed by atoms with Gasteiger partial charge in [0.1, 0.15) is 11.6 Å². The summed E-state index contributed by atoms with van der Waals surface area (Å²) in [6.45, 7) is 6.38. The molecule has 0 aliphatic rings. The van der Waals surface area contributed by atoms with E-state index in [-0.39, 0.29) is 5.56 Å². The Labute approximate surface area is 118 Å². The molecule has 2 aromatic rings. The average molecular weight is 272 g/mol. The molecule has 1 heterocycles. The fraction of sp³-hybridized carbons (Fsp3) is 0.375. The van der Waals surface area contributed by atoms with Gasteiger partial charge in [-0.2, -0.15) is 0 Å². The number of benzene rings is 1. The molecular formula is C16H20N2O2. The first kappa shape index (κ1) is 14.3. The van der Waals surface area contributed by atoms with Crippen molar-refractivity contribution in [1.29, 1.82) is 0 Å². The van der Waals surface area contributed by atoms with Crippen molar-refractivity contribution in [3.63, 3.8) is 0 Å². The van der Waals surface area contributed by atoms with Crippen LogP contribution in [0.1, 0.15) is 31.7 Å². The molecule has 20 heavy (non-hydrogen) atoms. The maximum absolute atomic E-state index is 12.0. The Bertz CT molecular complexity index is 647. The Balaban J connectivity index is 2.59. The van der Waals surface area contributed by atoms with E-state index in [4.69, 9.17) is 4.74 Å². The van der Waals surface area contributed by atoms with Gasteiger partial charge >= 0.3 is 0 Å². The monoisotopic (exact) mass is 272 g/mol. The summed E-state index contributed by atoms with van der Waals surface area (Å²) in [5.41, 5.74) is 2.12. The number of aromatic nitrogens is 2. The predicted molar refractivity (Wildman–Crippen MR) is 80.2 cm³/mol. The summed E-state index contributed by atoms with van der Waals surface area (Å²) in [5, 5.41) is 0. The molecule has 4 nitrogen and oxygen atoms in total. The van der Waals surface area contributed by atoms with Gasteiger partial charge in [0.15, 0.2) is 0 Å². The zero-order valence-electron chi connectivity index (χ0n) is 12.2. The van der Waals surface area contributed by atoms with Crippen molar-refractivity contribution >= 4 is 0 Å². The third kappa shape index (κ3) is 2.90. The maximum Gasteiger partial charge on any atom is 0.254 e. The summed E-state index contributed by atoms with van der Waals surface area (Å²) in [5.74, 6) is 1.49. The van der Waals surface area contributed by atoms with E-state index in [2.05, 4.69) is 16.9 Å². The van der Waals surface area contributed by atoms with Gasteiger partial charge in [0.05, 0.1) is 12.3 Å². The molecule has 0 amide bonds. The van der Waals surface area contributed by atoms with Gasteiger partial charge in [-0.15, -0.1) is 0 Å². The zero-order valence-corrected chi connectivity index (χ0v) is 12.2. The Morgan fingerprint density at radius 3 is 2.70 bits per heavy atom. The molecule has 0 unspecified atom stereocenters. The van der Waals surface area contributed by atoms with Gasteiger partial charge in [0.2, 0.25) is 0 Å². The Kier molecular flexibility index (Phi) is 4.56. The fourth-order valence-corrected chi connectivity index (χ4v) is 2.14. The highest BCUT2D eigenvalue weighted by atomic mass is 16.5. The van der Waals surface area contributed by atoms with Gasteiger partial charge in [-0.1, -0.05) is 19.1 Å². The molecule has 0 aliphatic heterocycles. The third-order valence-electron chi connectivity index (χ3n) is 3.13. The summed E-state index contributed by atoms with van der Waals surface area (Å²) in [7, 11) is 0. The van der Waals surface area contributed by atoms with Crippen LogP contribution in [0.2, 0.25) is 0 Å². The van der Waals surface area contributed by atoms with Gasteiger partial charge in [0, 0.05) is 17.5 Å². The second kappa shape index (κ2) is 6.37. The van der Waals surface area contributed by atoms with Crippen LogP contribution >= 0.6 is 0 Å². The Morgan fingerprint density at radius 1 is 1.25 bits per heavy atom. The molecular weight excluding hydrogens is 252 g/mol. The van der Waals surface area contributed by atoms with Crippen LogP contribution < -0.4 is 10.3 Å². The van der Waals surface area contributed by atoms with Crippen LogP contribution in [0.15, 0.2) is 29.1 Å². The zero-order chi connectivity index (χ0) is 14.5. The summed E-state index contributed by atoms with van der Waals surface area (Å²) in [6.07, 6.45) is 1.71. The molecule has 4 heteroatoms. The molecule has 0 saturated heterocycles. The van der Waals surface area contributed by atoms with Crippen LogP contribution in [0.25, 0.3) is 11.3 Å². The number of para-hydroxylation sites is 1. The van der Waals surface area contributed by atoms with E-state index in [1.807, 2.05) is 31.2 Å². The molecule has 0 fully saturated rings. The van der Waals surface area contributed by atoms with Gasteiger partial charge in [-0.05, 0) is 32.4 Å². The molecule has 2 rings (SSSR count). The van der Waals surface area contributed by atoms with Crippen molar-refractivity contribution in [3.05, 3.63) is 46.0 Å². The molecule has 1 aromatic carbocycles. The van der Waals surface area contributed by atoms with Crippen LogP contribution in [0.4, 0.5) is 0 Å². The normalized spacial score (nSPS) is 10.6. The quantitative estimate of drug-likeness (QED) is 0.910. The van der Waals surface area contributed by atoms with Crippen LogP contribution in [-0.2, 0) is 6.42 Å². The number of rotatable bonds is 5. The molecule has 0 spiro atoms. The molecule has 0 saturated carbocycles. The second-order valence-electron chi connectivity index (χ2n) is 4.67.